The highest BCUT2D eigenvalue weighted by Gasteiger charge is 2.09. The molecule has 0 spiro atoms. The van der Waals surface area contributed by atoms with E-state index in [1.807, 2.05) is 0 Å². The fraction of sp³-hybridized carbons (Fsp3) is 0.200. The van der Waals surface area contributed by atoms with Crippen molar-refractivity contribution in [2.45, 2.75) is 26.6 Å². The molecule has 33 heavy (non-hydrogen) atoms. The second kappa shape index (κ2) is 9.70. The van der Waals surface area contributed by atoms with Crippen molar-refractivity contribution in [3.8, 4) is 11.5 Å². The van der Waals surface area contributed by atoms with E-state index in [0.717, 1.165) is 5.56 Å². The Kier molecular flexibility index (Phi) is 6.55. The lowest BCUT2D eigenvalue weighted by molar-refractivity contribution is 0.306. The molecule has 0 aliphatic rings. The zero-order valence-electron chi connectivity index (χ0n) is 18.0. The van der Waals surface area contributed by atoms with Gasteiger partial charge in [-0.05, 0) is 36.8 Å². The van der Waals surface area contributed by atoms with E-state index in [9.17, 15) is 19.1 Å². The van der Waals surface area contributed by atoms with E-state index < -0.39 is 5.43 Å². The predicted molar refractivity (Wildman–Crippen MR) is 122 cm³/mol. The quantitative estimate of drug-likeness (QED) is 0.399. The van der Waals surface area contributed by atoms with Gasteiger partial charge in [0.25, 0.3) is 0 Å². The van der Waals surface area contributed by atoms with E-state index in [-0.39, 0.29) is 23.6 Å². The first-order valence-electron chi connectivity index (χ1n) is 10.4. The van der Waals surface area contributed by atoms with Gasteiger partial charge in [-0.3, -0.25) is 9.59 Å². The van der Waals surface area contributed by atoms with Gasteiger partial charge in [-0.25, -0.2) is 4.39 Å². The Morgan fingerprint density at radius 3 is 2.70 bits per heavy atom. The van der Waals surface area contributed by atoms with Gasteiger partial charge in [0, 0.05) is 43.5 Å². The van der Waals surface area contributed by atoms with Gasteiger partial charge in [0.2, 0.25) is 5.43 Å². The summed E-state index contributed by atoms with van der Waals surface area (Å²) in [5.41, 5.74) is 1.68. The summed E-state index contributed by atoms with van der Waals surface area (Å²) in [6, 6.07) is 12.4. The molecule has 2 aromatic heterocycles. The first-order chi connectivity index (χ1) is 15.9. The standard InChI is InChI=1S/C25H23FN2O5/c1-16-24(30)22(29)8-10-28(16)11-9-27-13-18-15-33-23-12-20(6-7-21(23)25(18)31)32-14-17-2-4-19(26)5-3-17/h2-8,10,12,15,27,30H,9,11,13-14H2,1H3. The first kappa shape index (κ1) is 22.3. The van der Waals surface area contributed by atoms with E-state index >= 15 is 0 Å². The predicted octanol–water partition coefficient (Wildman–Crippen LogP) is 3.48. The zero-order chi connectivity index (χ0) is 23.4. The molecule has 0 aliphatic heterocycles. The molecule has 8 heteroatoms. The average molecular weight is 450 g/mol. The van der Waals surface area contributed by atoms with Crippen LogP contribution in [0.1, 0.15) is 16.8 Å². The lowest BCUT2D eigenvalue weighted by Crippen LogP contribution is -2.24. The lowest BCUT2D eigenvalue weighted by Gasteiger charge is -2.12. The van der Waals surface area contributed by atoms with Crippen LogP contribution in [-0.2, 0) is 19.7 Å². The maximum absolute atomic E-state index is 13.0. The molecule has 170 valence electrons. The van der Waals surface area contributed by atoms with Gasteiger partial charge in [-0.2, -0.15) is 0 Å². The van der Waals surface area contributed by atoms with Crippen molar-refractivity contribution in [3.05, 3.63) is 104 Å². The molecular weight excluding hydrogens is 427 g/mol. The van der Waals surface area contributed by atoms with Crippen LogP contribution in [0.3, 0.4) is 0 Å². The maximum Gasteiger partial charge on any atom is 0.223 e. The van der Waals surface area contributed by atoms with Crippen molar-refractivity contribution in [1.29, 1.82) is 0 Å². The third-order valence-electron chi connectivity index (χ3n) is 5.39. The molecule has 0 saturated carbocycles. The molecule has 4 aromatic rings. The molecule has 0 atom stereocenters. The van der Waals surface area contributed by atoms with Crippen LogP contribution in [-0.4, -0.2) is 16.2 Å². The Bertz CT molecular complexity index is 1390. The molecule has 2 N–H and O–H groups in total. The minimum atomic E-state index is -0.408. The topological polar surface area (TPSA) is 93.7 Å². The largest absolute Gasteiger partial charge is 0.503 e. The molecular formula is C25H23FN2O5. The summed E-state index contributed by atoms with van der Waals surface area (Å²) >= 11 is 0. The summed E-state index contributed by atoms with van der Waals surface area (Å²) < 4.78 is 26.1. The fourth-order valence-corrected chi connectivity index (χ4v) is 3.44. The van der Waals surface area contributed by atoms with Crippen molar-refractivity contribution >= 4 is 11.0 Å². The SMILES string of the molecule is Cc1c(O)c(=O)ccn1CCNCc1coc2cc(OCc3ccc(F)cc3)ccc2c1=O. The number of nitrogens with zero attached hydrogens (tertiary/aromatic N) is 1. The van der Waals surface area contributed by atoms with Crippen LogP contribution in [0.4, 0.5) is 4.39 Å². The van der Waals surface area contributed by atoms with Gasteiger partial charge in [0.15, 0.2) is 11.2 Å². The van der Waals surface area contributed by atoms with Crippen LogP contribution in [0, 0.1) is 12.7 Å². The number of hydrogen-bond donors (Lipinski definition) is 2. The van der Waals surface area contributed by atoms with Gasteiger partial charge in [-0.15, -0.1) is 0 Å². The molecule has 0 aliphatic carbocycles. The number of rotatable bonds is 8. The number of fused-ring (bicyclic) bond motifs is 1. The van der Waals surface area contributed by atoms with Gasteiger partial charge in [-0.1, -0.05) is 12.1 Å². The maximum atomic E-state index is 13.0. The van der Waals surface area contributed by atoms with Crippen molar-refractivity contribution in [2.24, 2.45) is 0 Å². The number of nitrogens with one attached hydrogen (secondary N) is 1. The Labute approximate surface area is 188 Å². The monoisotopic (exact) mass is 450 g/mol. The van der Waals surface area contributed by atoms with Crippen molar-refractivity contribution in [3.63, 3.8) is 0 Å². The molecule has 0 saturated heterocycles. The molecule has 0 unspecified atom stereocenters. The Balaban J connectivity index is 1.38. The molecule has 2 aromatic carbocycles. The van der Waals surface area contributed by atoms with Crippen molar-refractivity contribution in [1.82, 2.24) is 9.88 Å². The highest BCUT2D eigenvalue weighted by Crippen LogP contribution is 2.20. The Morgan fingerprint density at radius 1 is 1.12 bits per heavy atom. The van der Waals surface area contributed by atoms with E-state index in [1.165, 1.54) is 24.5 Å². The Hall–Kier alpha value is -3.91. The van der Waals surface area contributed by atoms with E-state index in [4.69, 9.17) is 9.15 Å². The van der Waals surface area contributed by atoms with E-state index in [1.54, 1.807) is 48.0 Å². The Morgan fingerprint density at radius 2 is 1.91 bits per heavy atom. The second-order valence-electron chi connectivity index (χ2n) is 7.65. The summed E-state index contributed by atoms with van der Waals surface area (Å²) in [4.78, 5) is 24.2. The van der Waals surface area contributed by atoms with Gasteiger partial charge >= 0.3 is 0 Å². The van der Waals surface area contributed by atoms with Crippen LogP contribution >= 0.6 is 0 Å². The van der Waals surface area contributed by atoms with Crippen LogP contribution in [0.15, 0.2) is 75.0 Å². The van der Waals surface area contributed by atoms with E-state index in [2.05, 4.69) is 5.32 Å². The van der Waals surface area contributed by atoms with Crippen molar-refractivity contribution in [2.75, 3.05) is 6.54 Å². The molecule has 0 radical (unpaired) electrons. The molecule has 0 fully saturated rings. The number of hydrogen-bond acceptors (Lipinski definition) is 6. The molecule has 2 heterocycles. The normalized spacial score (nSPS) is 11.1. The molecule has 0 bridgehead atoms. The third-order valence-corrected chi connectivity index (χ3v) is 5.39. The highest BCUT2D eigenvalue weighted by molar-refractivity contribution is 5.78. The van der Waals surface area contributed by atoms with Gasteiger partial charge in [0.1, 0.15) is 23.8 Å². The van der Waals surface area contributed by atoms with Crippen LogP contribution in [0.25, 0.3) is 11.0 Å². The fourth-order valence-electron chi connectivity index (χ4n) is 3.44. The van der Waals surface area contributed by atoms with Gasteiger partial charge < -0.3 is 24.1 Å². The zero-order valence-corrected chi connectivity index (χ0v) is 18.0. The minimum Gasteiger partial charge on any atom is -0.503 e. The second-order valence-corrected chi connectivity index (χ2v) is 7.65. The number of halogens is 1. The third kappa shape index (κ3) is 5.12. The summed E-state index contributed by atoms with van der Waals surface area (Å²) in [6.07, 6.45) is 3.05. The summed E-state index contributed by atoms with van der Waals surface area (Å²) in [5, 5.41) is 13.4. The lowest BCUT2D eigenvalue weighted by atomic mass is 10.1. The van der Waals surface area contributed by atoms with Crippen molar-refractivity contribution < 1.29 is 18.7 Å². The van der Waals surface area contributed by atoms with Crippen LogP contribution in [0.5, 0.6) is 11.5 Å². The number of aromatic hydroxyl groups is 1. The number of pyridine rings is 1. The minimum absolute atomic E-state index is 0.133. The first-order valence-corrected chi connectivity index (χ1v) is 10.4. The summed E-state index contributed by atoms with van der Waals surface area (Å²) in [5.74, 6) is -0.0168. The molecule has 0 amide bonds. The number of ether oxygens (including phenoxy) is 1. The summed E-state index contributed by atoms with van der Waals surface area (Å²) in [6.45, 7) is 3.30. The highest BCUT2D eigenvalue weighted by atomic mass is 19.1. The van der Waals surface area contributed by atoms with Crippen LogP contribution < -0.4 is 20.9 Å². The molecule has 4 rings (SSSR count). The van der Waals surface area contributed by atoms with Crippen LogP contribution in [0.2, 0.25) is 0 Å². The number of aromatic nitrogens is 1. The summed E-state index contributed by atoms with van der Waals surface area (Å²) in [7, 11) is 0. The average Bonchev–Trinajstić information content (AvgIpc) is 2.82. The number of benzene rings is 2. The smallest absolute Gasteiger partial charge is 0.223 e. The molecule has 7 nitrogen and oxygen atoms in total. The van der Waals surface area contributed by atoms with Gasteiger partial charge in [0.05, 0.1) is 17.3 Å². The van der Waals surface area contributed by atoms with E-state index in [0.29, 0.717) is 47.6 Å².